The Morgan fingerprint density at radius 2 is 2.04 bits per heavy atom. The topological polar surface area (TPSA) is 61.1 Å². The van der Waals surface area contributed by atoms with E-state index in [1.165, 1.54) is 5.57 Å². The lowest BCUT2D eigenvalue weighted by molar-refractivity contribution is -0.123. The molecule has 3 nitrogen and oxygen atoms in total. The molecular formula is C20H27NO2. The zero-order chi connectivity index (χ0) is 16.2. The molecule has 5 atom stereocenters. The molecule has 0 unspecified atom stereocenters. The Labute approximate surface area is 138 Å². The van der Waals surface area contributed by atoms with Crippen molar-refractivity contribution in [3.05, 3.63) is 11.1 Å². The first-order chi connectivity index (χ1) is 11.0. The largest absolute Gasteiger partial charge is 0.388 e. The SMILES string of the molecule is C[C@]12CC[C@H]3C(=C1CC[C@@]2(O)CC#N)CC[C@H]1CC(=O)CC[C@@H]13. The quantitative estimate of drug-likeness (QED) is 0.746. The van der Waals surface area contributed by atoms with Crippen molar-refractivity contribution in [1.82, 2.24) is 0 Å². The van der Waals surface area contributed by atoms with Crippen LogP contribution in [-0.2, 0) is 4.79 Å². The van der Waals surface area contributed by atoms with Crippen molar-refractivity contribution in [3.63, 3.8) is 0 Å². The van der Waals surface area contributed by atoms with Gasteiger partial charge >= 0.3 is 0 Å². The highest BCUT2D eigenvalue weighted by atomic mass is 16.3. The van der Waals surface area contributed by atoms with Crippen LogP contribution in [0.4, 0.5) is 0 Å². The summed E-state index contributed by atoms with van der Waals surface area (Å²) in [5.74, 6) is 2.41. The summed E-state index contributed by atoms with van der Waals surface area (Å²) >= 11 is 0. The summed E-state index contributed by atoms with van der Waals surface area (Å²) < 4.78 is 0. The number of rotatable bonds is 1. The molecule has 0 saturated heterocycles. The summed E-state index contributed by atoms with van der Waals surface area (Å²) in [4.78, 5) is 11.8. The molecule has 0 aliphatic heterocycles. The van der Waals surface area contributed by atoms with E-state index in [1.807, 2.05) is 0 Å². The Kier molecular flexibility index (Phi) is 3.47. The number of Topliss-reactive ketones (excluding diaryl/α,β-unsaturated/α-hetero) is 1. The van der Waals surface area contributed by atoms with Crippen LogP contribution in [0.1, 0.15) is 71.1 Å². The summed E-state index contributed by atoms with van der Waals surface area (Å²) in [6.07, 6.45) is 9.03. The lowest BCUT2D eigenvalue weighted by Gasteiger charge is -2.51. The van der Waals surface area contributed by atoms with Gasteiger partial charge in [0.2, 0.25) is 0 Å². The molecule has 4 aliphatic carbocycles. The summed E-state index contributed by atoms with van der Waals surface area (Å²) in [5.41, 5.74) is 2.09. The minimum absolute atomic E-state index is 0.189. The van der Waals surface area contributed by atoms with Crippen molar-refractivity contribution in [2.75, 3.05) is 0 Å². The van der Waals surface area contributed by atoms with Gasteiger partial charge in [0.25, 0.3) is 0 Å². The highest BCUT2D eigenvalue weighted by molar-refractivity contribution is 5.79. The Morgan fingerprint density at radius 3 is 2.83 bits per heavy atom. The van der Waals surface area contributed by atoms with E-state index in [0.29, 0.717) is 23.5 Å². The monoisotopic (exact) mass is 313 g/mol. The number of fused-ring (bicyclic) bond motifs is 4. The number of nitriles is 1. The molecule has 1 N–H and O–H groups in total. The highest BCUT2D eigenvalue weighted by Crippen LogP contribution is 2.62. The number of carbonyl (C=O) groups excluding carboxylic acids is 1. The Hall–Kier alpha value is -1.14. The van der Waals surface area contributed by atoms with Crippen molar-refractivity contribution in [3.8, 4) is 6.07 Å². The van der Waals surface area contributed by atoms with Crippen LogP contribution in [0.2, 0.25) is 0 Å². The van der Waals surface area contributed by atoms with E-state index in [9.17, 15) is 9.90 Å². The average Bonchev–Trinajstić information content (AvgIpc) is 2.79. The van der Waals surface area contributed by atoms with Crippen LogP contribution in [0.15, 0.2) is 11.1 Å². The van der Waals surface area contributed by atoms with Gasteiger partial charge in [-0.2, -0.15) is 5.26 Å². The first-order valence-corrected chi connectivity index (χ1v) is 9.32. The number of ketones is 1. The normalized spacial score (nSPS) is 46.0. The van der Waals surface area contributed by atoms with E-state index in [0.717, 1.165) is 57.8 Å². The van der Waals surface area contributed by atoms with Gasteiger partial charge in [-0.15, -0.1) is 0 Å². The molecule has 0 radical (unpaired) electrons. The number of hydrogen-bond donors (Lipinski definition) is 1. The van der Waals surface area contributed by atoms with E-state index in [2.05, 4.69) is 13.0 Å². The fourth-order valence-electron chi connectivity index (χ4n) is 6.42. The molecule has 3 fully saturated rings. The summed E-state index contributed by atoms with van der Waals surface area (Å²) in [5, 5.41) is 20.3. The maximum atomic E-state index is 11.8. The van der Waals surface area contributed by atoms with E-state index in [-0.39, 0.29) is 11.8 Å². The fourth-order valence-corrected chi connectivity index (χ4v) is 6.42. The first-order valence-electron chi connectivity index (χ1n) is 9.32. The molecule has 124 valence electrons. The van der Waals surface area contributed by atoms with Crippen molar-refractivity contribution < 1.29 is 9.90 Å². The third kappa shape index (κ3) is 2.07. The minimum atomic E-state index is -0.825. The molecular weight excluding hydrogens is 286 g/mol. The third-order valence-electron chi connectivity index (χ3n) is 7.80. The van der Waals surface area contributed by atoms with Crippen LogP contribution in [0.25, 0.3) is 0 Å². The Balaban J connectivity index is 1.69. The smallest absolute Gasteiger partial charge is 0.133 e. The number of hydrogen-bond acceptors (Lipinski definition) is 3. The minimum Gasteiger partial charge on any atom is -0.388 e. The predicted octanol–water partition coefficient (Wildman–Crippen LogP) is 3.92. The Morgan fingerprint density at radius 1 is 1.22 bits per heavy atom. The molecule has 0 aromatic rings. The zero-order valence-electron chi connectivity index (χ0n) is 14.1. The maximum absolute atomic E-state index is 11.8. The lowest BCUT2D eigenvalue weighted by atomic mass is 9.55. The van der Waals surface area contributed by atoms with Crippen LogP contribution >= 0.6 is 0 Å². The number of nitrogens with zero attached hydrogens (tertiary/aromatic N) is 1. The van der Waals surface area contributed by atoms with Crippen molar-refractivity contribution in [1.29, 1.82) is 5.26 Å². The van der Waals surface area contributed by atoms with Gasteiger partial charge < -0.3 is 5.11 Å². The van der Waals surface area contributed by atoms with Gasteiger partial charge in [0.15, 0.2) is 0 Å². The van der Waals surface area contributed by atoms with Crippen LogP contribution < -0.4 is 0 Å². The molecule has 3 saturated carbocycles. The fraction of sp³-hybridized carbons (Fsp3) is 0.800. The number of allylic oxidation sites excluding steroid dienone is 1. The summed E-state index contributed by atoms with van der Waals surface area (Å²) in [6, 6.07) is 2.22. The molecule has 0 aromatic heterocycles. The van der Waals surface area contributed by atoms with Gasteiger partial charge in [0.05, 0.1) is 18.1 Å². The van der Waals surface area contributed by atoms with Crippen molar-refractivity contribution in [2.45, 2.75) is 76.7 Å². The lowest BCUT2D eigenvalue weighted by Crippen LogP contribution is -2.47. The molecule has 0 amide bonds. The standard InChI is InChI=1S/C20H27NO2/c1-19-8-6-16-15-5-3-14(22)12-13(15)2-4-17(16)18(19)7-9-20(19,23)10-11-21/h13,15-16,23H,2-10,12H2,1H3/t13-,15-,16+,19-,20+/m0/s1. The molecule has 23 heavy (non-hydrogen) atoms. The average molecular weight is 313 g/mol. The van der Waals surface area contributed by atoms with Gasteiger partial charge in [-0.05, 0) is 62.7 Å². The maximum Gasteiger partial charge on any atom is 0.133 e. The van der Waals surface area contributed by atoms with Crippen LogP contribution in [0, 0.1) is 34.5 Å². The molecule has 3 heteroatoms. The van der Waals surface area contributed by atoms with Gasteiger partial charge in [-0.25, -0.2) is 0 Å². The highest BCUT2D eigenvalue weighted by Gasteiger charge is 2.57. The Bertz CT molecular complexity index is 616. The second-order valence-corrected chi connectivity index (χ2v) is 8.59. The molecule has 4 rings (SSSR count). The van der Waals surface area contributed by atoms with Crippen LogP contribution in [0.3, 0.4) is 0 Å². The number of carbonyl (C=O) groups is 1. The van der Waals surface area contributed by atoms with Crippen molar-refractivity contribution >= 4 is 5.78 Å². The zero-order valence-corrected chi connectivity index (χ0v) is 14.1. The molecule has 0 aromatic carbocycles. The molecule has 0 spiro atoms. The van der Waals surface area contributed by atoms with Gasteiger partial charge in [-0.1, -0.05) is 18.1 Å². The second kappa shape index (κ2) is 5.18. The number of aliphatic hydroxyl groups is 1. The molecule has 0 heterocycles. The van der Waals surface area contributed by atoms with Crippen molar-refractivity contribution in [2.24, 2.45) is 23.2 Å². The van der Waals surface area contributed by atoms with Gasteiger partial charge in [0, 0.05) is 18.3 Å². The third-order valence-corrected chi connectivity index (χ3v) is 7.80. The van der Waals surface area contributed by atoms with E-state index in [1.54, 1.807) is 5.57 Å². The van der Waals surface area contributed by atoms with Crippen LogP contribution in [0.5, 0.6) is 0 Å². The van der Waals surface area contributed by atoms with Gasteiger partial charge in [-0.3, -0.25) is 4.79 Å². The molecule has 0 bridgehead atoms. The van der Waals surface area contributed by atoms with E-state index >= 15 is 0 Å². The predicted molar refractivity (Wildman–Crippen MR) is 87.3 cm³/mol. The second-order valence-electron chi connectivity index (χ2n) is 8.59. The van der Waals surface area contributed by atoms with E-state index < -0.39 is 5.60 Å². The summed E-state index contributed by atoms with van der Waals surface area (Å²) in [6.45, 7) is 2.20. The summed E-state index contributed by atoms with van der Waals surface area (Å²) in [7, 11) is 0. The van der Waals surface area contributed by atoms with E-state index in [4.69, 9.17) is 5.26 Å². The molecule has 4 aliphatic rings. The van der Waals surface area contributed by atoms with Gasteiger partial charge in [0.1, 0.15) is 5.78 Å². The first kappa shape index (κ1) is 15.4. The van der Waals surface area contributed by atoms with Crippen LogP contribution in [-0.4, -0.2) is 16.5 Å².